The van der Waals surface area contributed by atoms with Crippen molar-refractivity contribution in [3.05, 3.63) is 28.8 Å². The molecule has 0 radical (unpaired) electrons. The first kappa shape index (κ1) is 15.8. The fourth-order valence-corrected chi connectivity index (χ4v) is 1.94. The van der Waals surface area contributed by atoms with E-state index < -0.39 is 0 Å². The Morgan fingerprint density at radius 1 is 1.42 bits per heavy atom. The van der Waals surface area contributed by atoms with Crippen molar-refractivity contribution < 1.29 is 9.53 Å². The maximum atomic E-state index is 11.4. The van der Waals surface area contributed by atoms with E-state index in [0.717, 1.165) is 12.0 Å². The number of rotatable bonds is 7. The number of para-hydroxylation sites is 1. The summed E-state index contributed by atoms with van der Waals surface area (Å²) in [5, 5.41) is 0.588. The Balaban J connectivity index is 2.51. The van der Waals surface area contributed by atoms with E-state index in [2.05, 4.69) is 0 Å². The summed E-state index contributed by atoms with van der Waals surface area (Å²) in [6.45, 7) is 1.02. The zero-order valence-electron chi connectivity index (χ0n) is 11.5. The van der Waals surface area contributed by atoms with Crippen LogP contribution in [-0.4, -0.2) is 38.1 Å². The molecule has 5 heteroatoms. The van der Waals surface area contributed by atoms with Crippen molar-refractivity contribution in [3.63, 3.8) is 0 Å². The fourth-order valence-electron chi connectivity index (χ4n) is 1.69. The van der Waals surface area contributed by atoms with Gasteiger partial charge in [-0.25, -0.2) is 0 Å². The Kier molecular flexibility index (Phi) is 6.67. The van der Waals surface area contributed by atoms with Gasteiger partial charge in [0.2, 0.25) is 5.91 Å². The molecule has 0 aromatic heterocycles. The van der Waals surface area contributed by atoms with Gasteiger partial charge in [-0.3, -0.25) is 4.79 Å². The summed E-state index contributed by atoms with van der Waals surface area (Å²) in [6, 6.07) is 5.64. The highest BCUT2D eigenvalue weighted by atomic mass is 35.5. The van der Waals surface area contributed by atoms with E-state index in [-0.39, 0.29) is 5.91 Å². The van der Waals surface area contributed by atoms with Gasteiger partial charge in [-0.1, -0.05) is 23.7 Å². The number of nitrogens with zero attached hydrogens (tertiary/aromatic N) is 1. The van der Waals surface area contributed by atoms with Gasteiger partial charge in [-0.15, -0.1) is 0 Å². The lowest BCUT2D eigenvalue weighted by Gasteiger charge is -2.13. The third-order valence-electron chi connectivity index (χ3n) is 2.74. The average molecular weight is 285 g/mol. The van der Waals surface area contributed by atoms with E-state index >= 15 is 0 Å². The number of carbonyl (C=O) groups excluding carboxylic acids is 1. The Morgan fingerprint density at radius 2 is 2.16 bits per heavy atom. The summed E-state index contributed by atoms with van der Waals surface area (Å²) in [5.74, 6) is 0.789. The number of carbonyl (C=O) groups is 1. The van der Waals surface area contributed by atoms with Crippen LogP contribution in [0.4, 0.5) is 0 Å². The van der Waals surface area contributed by atoms with Crippen LogP contribution in [0.15, 0.2) is 18.2 Å². The van der Waals surface area contributed by atoms with Gasteiger partial charge in [0.25, 0.3) is 0 Å². The topological polar surface area (TPSA) is 55.6 Å². The molecule has 0 spiro atoms. The molecule has 1 aromatic carbocycles. The SMILES string of the molecule is CN(C)C(=O)CCCOc1c(Cl)cccc1CCN. The van der Waals surface area contributed by atoms with E-state index in [0.29, 0.717) is 36.8 Å². The predicted octanol–water partition coefficient (Wildman–Crippen LogP) is 2.09. The number of nitrogens with two attached hydrogens (primary N) is 1. The zero-order valence-corrected chi connectivity index (χ0v) is 12.2. The Hall–Kier alpha value is -1.26. The molecule has 2 N–H and O–H groups in total. The van der Waals surface area contributed by atoms with Crippen molar-refractivity contribution in [2.24, 2.45) is 5.73 Å². The number of amides is 1. The summed E-state index contributed by atoms with van der Waals surface area (Å²) >= 11 is 6.12. The Morgan fingerprint density at radius 3 is 2.79 bits per heavy atom. The fraction of sp³-hybridized carbons (Fsp3) is 0.500. The third-order valence-corrected chi connectivity index (χ3v) is 3.04. The highest BCUT2D eigenvalue weighted by Crippen LogP contribution is 2.29. The molecule has 1 amide bonds. The van der Waals surface area contributed by atoms with Crippen molar-refractivity contribution in [1.29, 1.82) is 0 Å². The summed E-state index contributed by atoms with van der Waals surface area (Å²) in [5.41, 5.74) is 6.57. The first-order valence-electron chi connectivity index (χ1n) is 6.36. The molecule has 0 bridgehead atoms. The van der Waals surface area contributed by atoms with E-state index in [1.54, 1.807) is 25.1 Å². The second-order valence-corrected chi connectivity index (χ2v) is 4.91. The lowest BCUT2D eigenvalue weighted by molar-refractivity contribution is -0.128. The van der Waals surface area contributed by atoms with Gasteiger partial charge in [0.15, 0.2) is 0 Å². The van der Waals surface area contributed by atoms with E-state index in [9.17, 15) is 4.79 Å². The zero-order chi connectivity index (χ0) is 14.3. The summed E-state index contributed by atoms with van der Waals surface area (Å²) < 4.78 is 5.69. The Bertz CT molecular complexity index is 422. The highest BCUT2D eigenvalue weighted by Gasteiger charge is 2.09. The number of halogens is 1. The quantitative estimate of drug-likeness (QED) is 0.780. The summed E-state index contributed by atoms with van der Waals surface area (Å²) in [4.78, 5) is 13.0. The van der Waals surface area contributed by atoms with Crippen LogP contribution in [0, 0.1) is 0 Å². The number of hydrogen-bond donors (Lipinski definition) is 1. The molecule has 0 aliphatic carbocycles. The molecule has 0 aliphatic heterocycles. The molecule has 1 rings (SSSR count). The molecule has 0 fully saturated rings. The number of ether oxygens (including phenoxy) is 1. The second-order valence-electron chi connectivity index (χ2n) is 4.51. The molecule has 4 nitrogen and oxygen atoms in total. The predicted molar refractivity (Wildman–Crippen MR) is 77.6 cm³/mol. The first-order valence-corrected chi connectivity index (χ1v) is 6.74. The highest BCUT2D eigenvalue weighted by molar-refractivity contribution is 6.32. The third kappa shape index (κ3) is 5.09. The second kappa shape index (κ2) is 8.02. The van der Waals surface area contributed by atoms with Crippen LogP contribution in [0.2, 0.25) is 5.02 Å². The average Bonchev–Trinajstić information content (AvgIpc) is 2.37. The monoisotopic (exact) mass is 284 g/mol. The molecule has 0 heterocycles. The van der Waals surface area contributed by atoms with Crippen molar-refractivity contribution in [2.45, 2.75) is 19.3 Å². The van der Waals surface area contributed by atoms with Crippen LogP contribution < -0.4 is 10.5 Å². The summed E-state index contributed by atoms with van der Waals surface area (Å²) in [7, 11) is 3.49. The minimum Gasteiger partial charge on any atom is -0.492 e. The number of benzene rings is 1. The normalized spacial score (nSPS) is 10.3. The van der Waals surface area contributed by atoms with Gasteiger partial charge < -0.3 is 15.4 Å². The smallest absolute Gasteiger partial charge is 0.222 e. The lowest BCUT2D eigenvalue weighted by Crippen LogP contribution is -2.21. The van der Waals surface area contributed by atoms with Gasteiger partial charge in [0, 0.05) is 20.5 Å². The standard InChI is InChI=1S/C14H21ClN2O2/c1-17(2)13(18)7-4-10-19-14-11(8-9-16)5-3-6-12(14)15/h3,5-6H,4,7-10,16H2,1-2H3. The molecule has 1 aromatic rings. The van der Waals surface area contributed by atoms with E-state index in [4.69, 9.17) is 22.1 Å². The van der Waals surface area contributed by atoms with E-state index in [1.165, 1.54) is 0 Å². The summed E-state index contributed by atoms with van der Waals surface area (Å²) in [6.07, 6.45) is 1.88. The van der Waals surface area contributed by atoms with Gasteiger partial charge in [0.1, 0.15) is 5.75 Å². The molecule has 0 saturated carbocycles. The number of hydrogen-bond acceptors (Lipinski definition) is 3. The van der Waals surface area contributed by atoms with Gasteiger partial charge in [-0.05, 0) is 31.0 Å². The van der Waals surface area contributed by atoms with Crippen molar-refractivity contribution in [1.82, 2.24) is 4.90 Å². The van der Waals surface area contributed by atoms with Crippen LogP contribution in [0.1, 0.15) is 18.4 Å². The molecule has 0 atom stereocenters. The van der Waals surface area contributed by atoms with Crippen LogP contribution in [0.3, 0.4) is 0 Å². The molecular formula is C14H21ClN2O2. The lowest BCUT2D eigenvalue weighted by atomic mass is 10.1. The van der Waals surface area contributed by atoms with Crippen molar-refractivity contribution in [3.8, 4) is 5.75 Å². The van der Waals surface area contributed by atoms with E-state index in [1.807, 2.05) is 12.1 Å². The minimum absolute atomic E-state index is 0.102. The van der Waals surface area contributed by atoms with Gasteiger partial charge in [-0.2, -0.15) is 0 Å². The minimum atomic E-state index is 0.102. The maximum Gasteiger partial charge on any atom is 0.222 e. The molecule has 0 aliphatic rings. The largest absolute Gasteiger partial charge is 0.492 e. The molecular weight excluding hydrogens is 264 g/mol. The Labute approximate surface area is 119 Å². The molecule has 106 valence electrons. The first-order chi connectivity index (χ1) is 9.06. The van der Waals surface area contributed by atoms with Gasteiger partial charge in [0.05, 0.1) is 11.6 Å². The van der Waals surface area contributed by atoms with Crippen LogP contribution in [0.25, 0.3) is 0 Å². The van der Waals surface area contributed by atoms with Crippen molar-refractivity contribution >= 4 is 17.5 Å². The maximum absolute atomic E-state index is 11.4. The van der Waals surface area contributed by atoms with Crippen LogP contribution >= 0.6 is 11.6 Å². The van der Waals surface area contributed by atoms with Crippen LogP contribution in [0.5, 0.6) is 5.75 Å². The van der Waals surface area contributed by atoms with Crippen LogP contribution in [-0.2, 0) is 11.2 Å². The molecule has 0 saturated heterocycles. The molecule has 19 heavy (non-hydrogen) atoms. The molecule has 0 unspecified atom stereocenters. The van der Waals surface area contributed by atoms with Crippen molar-refractivity contribution in [2.75, 3.05) is 27.2 Å². The van der Waals surface area contributed by atoms with Gasteiger partial charge >= 0.3 is 0 Å².